The first-order valence-corrected chi connectivity index (χ1v) is 8.11. The molecule has 0 radical (unpaired) electrons. The van der Waals surface area contributed by atoms with E-state index in [0.29, 0.717) is 5.56 Å². The van der Waals surface area contributed by atoms with E-state index in [1.165, 1.54) is 24.3 Å². The number of primary amides is 1. The van der Waals surface area contributed by atoms with Crippen LogP contribution in [0.25, 0.3) is 0 Å². The van der Waals surface area contributed by atoms with Crippen molar-refractivity contribution in [2.75, 3.05) is 0 Å². The van der Waals surface area contributed by atoms with Gasteiger partial charge in [-0.3, -0.25) is 4.79 Å². The number of carbonyl (C=O) groups excluding carboxylic acids is 1. The number of benzene rings is 2. The van der Waals surface area contributed by atoms with Gasteiger partial charge in [0.2, 0.25) is 5.91 Å². The van der Waals surface area contributed by atoms with Gasteiger partial charge in [0.1, 0.15) is 10.6 Å². The second-order valence-corrected chi connectivity index (χ2v) is 6.59. The maximum atomic E-state index is 12.1. The van der Waals surface area contributed by atoms with Gasteiger partial charge in [0, 0.05) is 0 Å². The largest absolute Gasteiger partial charge is 0.379 e. The van der Waals surface area contributed by atoms with Crippen LogP contribution in [0.5, 0.6) is 5.75 Å². The minimum Gasteiger partial charge on any atom is -0.379 e. The second-order valence-electron chi connectivity index (χ2n) is 5.04. The van der Waals surface area contributed by atoms with E-state index < -0.39 is 21.9 Å². The van der Waals surface area contributed by atoms with Crippen molar-refractivity contribution >= 4 is 16.0 Å². The lowest BCUT2D eigenvalue weighted by Crippen LogP contribution is -2.18. The summed E-state index contributed by atoms with van der Waals surface area (Å²) < 4.78 is 29.4. The maximum Gasteiger partial charge on any atom is 0.339 e. The van der Waals surface area contributed by atoms with Crippen molar-refractivity contribution in [2.24, 2.45) is 5.73 Å². The molecule has 22 heavy (non-hydrogen) atoms. The van der Waals surface area contributed by atoms with Crippen molar-refractivity contribution in [3.8, 4) is 5.75 Å². The van der Waals surface area contributed by atoms with Crippen LogP contribution in [0.1, 0.15) is 24.0 Å². The third-order valence-electron chi connectivity index (χ3n) is 3.32. The first-order valence-electron chi connectivity index (χ1n) is 6.70. The minimum absolute atomic E-state index is 0.0904. The van der Waals surface area contributed by atoms with Gasteiger partial charge in [0.25, 0.3) is 0 Å². The van der Waals surface area contributed by atoms with Crippen molar-refractivity contribution in [2.45, 2.75) is 24.7 Å². The summed E-state index contributed by atoms with van der Waals surface area (Å²) >= 11 is 0. The Morgan fingerprint density at radius 1 is 1.05 bits per heavy atom. The van der Waals surface area contributed by atoms with Crippen LogP contribution in [0.3, 0.4) is 0 Å². The molecule has 2 rings (SSSR count). The summed E-state index contributed by atoms with van der Waals surface area (Å²) in [5.74, 6) is -0.704. The van der Waals surface area contributed by atoms with Crippen LogP contribution < -0.4 is 9.92 Å². The Hall–Kier alpha value is -2.34. The summed E-state index contributed by atoms with van der Waals surface area (Å²) in [6, 6.07) is 12.6. The van der Waals surface area contributed by atoms with Crippen molar-refractivity contribution in [3.63, 3.8) is 0 Å². The van der Waals surface area contributed by atoms with Crippen LogP contribution in [0.15, 0.2) is 53.4 Å². The van der Waals surface area contributed by atoms with E-state index in [1.54, 1.807) is 31.2 Å². The molecular weight excluding hydrogens is 302 g/mol. The lowest BCUT2D eigenvalue weighted by atomic mass is 10.0. The predicted octanol–water partition coefficient (Wildman–Crippen LogP) is 2.35. The van der Waals surface area contributed by atoms with Gasteiger partial charge in [0.05, 0.1) is 5.92 Å². The van der Waals surface area contributed by atoms with Crippen LogP contribution >= 0.6 is 0 Å². The molecule has 1 amide bonds. The molecule has 5 nitrogen and oxygen atoms in total. The van der Waals surface area contributed by atoms with Crippen LogP contribution in [0.4, 0.5) is 0 Å². The standard InChI is InChI=1S/C16H17NO4S/c1-11-3-9-15(10-4-11)22(19,20)21-14-7-5-13(6-8-14)12(2)16(17)18/h3-10,12H,1-2H3,(H2,17,18). The molecule has 0 aliphatic carbocycles. The summed E-state index contributed by atoms with van der Waals surface area (Å²) in [7, 11) is -3.87. The summed E-state index contributed by atoms with van der Waals surface area (Å²) in [6.07, 6.45) is 0. The van der Waals surface area contributed by atoms with E-state index in [-0.39, 0.29) is 10.6 Å². The zero-order valence-electron chi connectivity index (χ0n) is 12.3. The molecule has 0 bridgehead atoms. The van der Waals surface area contributed by atoms with Gasteiger partial charge in [-0.05, 0) is 43.7 Å². The Morgan fingerprint density at radius 2 is 1.59 bits per heavy atom. The molecular formula is C16H17NO4S. The van der Waals surface area contributed by atoms with Crippen molar-refractivity contribution < 1.29 is 17.4 Å². The molecule has 2 N–H and O–H groups in total. The topological polar surface area (TPSA) is 86.5 Å². The van der Waals surface area contributed by atoms with Gasteiger partial charge in [-0.1, -0.05) is 29.8 Å². The highest BCUT2D eigenvalue weighted by Crippen LogP contribution is 2.22. The van der Waals surface area contributed by atoms with Gasteiger partial charge in [0.15, 0.2) is 0 Å². The Bertz CT molecular complexity index is 765. The van der Waals surface area contributed by atoms with Gasteiger partial charge in [-0.25, -0.2) is 0 Å². The van der Waals surface area contributed by atoms with Crippen molar-refractivity contribution in [1.29, 1.82) is 0 Å². The molecule has 0 aromatic heterocycles. The number of hydrogen-bond donors (Lipinski definition) is 1. The van der Waals surface area contributed by atoms with Gasteiger partial charge >= 0.3 is 10.1 Å². The van der Waals surface area contributed by atoms with Crippen molar-refractivity contribution in [1.82, 2.24) is 0 Å². The number of rotatable bonds is 5. The minimum atomic E-state index is -3.87. The fourth-order valence-electron chi connectivity index (χ4n) is 1.86. The van der Waals surface area contributed by atoms with Crippen LogP contribution in [0, 0.1) is 6.92 Å². The van der Waals surface area contributed by atoms with Gasteiger partial charge in [-0.2, -0.15) is 8.42 Å². The van der Waals surface area contributed by atoms with Crippen molar-refractivity contribution in [3.05, 3.63) is 59.7 Å². The smallest absolute Gasteiger partial charge is 0.339 e. The first kappa shape index (κ1) is 16.0. The second kappa shape index (κ2) is 6.19. The average Bonchev–Trinajstić information content (AvgIpc) is 2.47. The van der Waals surface area contributed by atoms with Crippen LogP contribution in [0.2, 0.25) is 0 Å². The highest BCUT2D eigenvalue weighted by atomic mass is 32.2. The molecule has 1 unspecified atom stereocenters. The molecule has 116 valence electrons. The summed E-state index contributed by atoms with van der Waals surface area (Å²) in [6.45, 7) is 3.55. The van der Waals surface area contributed by atoms with Gasteiger partial charge in [-0.15, -0.1) is 0 Å². The van der Waals surface area contributed by atoms with E-state index in [1.807, 2.05) is 6.92 Å². The summed E-state index contributed by atoms with van der Waals surface area (Å²) in [5, 5.41) is 0. The highest BCUT2D eigenvalue weighted by molar-refractivity contribution is 7.87. The number of amides is 1. The third kappa shape index (κ3) is 3.65. The Labute approximate surface area is 129 Å². The van der Waals surface area contributed by atoms with E-state index in [4.69, 9.17) is 9.92 Å². The predicted molar refractivity (Wildman–Crippen MR) is 83.0 cm³/mol. The number of aryl methyl sites for hydroxylation is 1. The van der Waals surface area contributed by atoms with Crippen LogP contribution in [-0.2, 0) is 14.9 Å². The fourth-order valence-corrected chi connectivity index (χ4v) is 2.79. The molecule has 0 heterocycles. The Morgan fingerprint density at radius 3 is 2.09 bits per heavy atom. The Balaban J connectivity index is 2.20. The lowest BCUT2D eigenvalue weighted by Gasteiger charge is -2.10. The molecule has 0 aliphatic rings. The quantitative estimate of drug-likeness (QED) is 0.857. The zero-order valence-corrected chi connectivity index (χ0v) is 13.1. The van der Waals surface area contributed by atoms with E-state index in [9.17, 15) is 13.2 Å². The Kier molecular flexibility index (Phi) is 4.51. The van der Waals surface area contributed by atoms with Gasteiger partial charge < -0.3 is 9.92 Å². The highest BCUT2D eigenvalue weighted by Gasteiger charge is 2.17. The first-order chi connectivity index (χ1) is 10.3. The van der Waals surface area contributed by atoms with E-state index in [2.05, 4.69) is 0 Å². The molecule has 2 aromatic rings. The monoisotopic (exact) mass is 319 g/mol. The lowest BCUT2D eigenvalue weighted by molar-refractivity contribution is -0.119. The maximum absolute atomic E-state index is 12.1. The molecule has 6 heteroatoms. The molecule has 2 aromatic carbocycles. The number of carbonyl (C=O) groups is 1. The number of nitrogens with two attached hydrogens (primary N) is 1. The van der Waals surface area contributed by atoms with Crippen LogP contribution in [-0.4, -0.2) is 14.3 Å². The number of hydrogen-bond acceptors (Lipinski definition) is 4. The molecule has 1 atom stereocenters. The normalized spacial score (nSPS) is 12.6. The molecule has 0 saturated carbocycles. The third-order valence-corrected chi connectivity index (χ3v) is 4.58. The SMILES string of the molecule is Cc1ccc(S(=O)(=O)Oc2ccc(C(C)C(N)=O)cc2)cc1. The molecule has 0 saturated heterocycles. The fraction of sp³-hybridized carbons (Fsp3) is 0.188. The summed E-state index contributed by atoms with van der Waals surface area (Å²) in [4.78, 5) is 11.2. The van der Waals surface area contributed by atoms with E-state index in [0.717, 1.165) is 5.56 Å². The zero-order chi connectivity index (χ0) is 16.3. The average molecular weight is 319 g/mol. The molecule has 0 fully saturated rings. The molecule has 0 aliphatic heterocycles. The molecule has 0 spiro atoms. The summed E-state index contributed by atoms with van der Waals surface area (Å²) in [5.41, 5.74) is 6.89. The van der Waals surface area contributed by atoms with E-state index >= 15 is 0 Å².